The van der Waals surface area contributed by atoms with E-state index in [1.54, 1.807) is 0 Å². The van der Waals surface area contributed by atoms with Crippen LogP contribution in [0.25, 0.3) is 0 Å². The molecule has 0 aromatic heterocycles. The first kappa shape index (κ1) is 12.7. The van der Waals surface area contributed by atoms with E-state index in [0.29, 0.717) is 5.56 Å². The molecule has 1 rings (SSSR count). The number of non-ortho nitro benzene ring substituents is 1. The molecule has 5 nitrogen and oxygen atoms in total. The monoisotopic (exact) mass is 187 g/mol. The number of nitrogens with zero attached hydrogens (tertiary/aromatic N) is 1. The summed E-state index contributed by atoms with van der Waals surface area (Å²) in [6.07, 6.45) is 0. The van der Waals surface area contributed by atoms with Crippen molar-refractivity contribution in [2.75, 3.05) is 0 Å². The van der Waals surface area contributed by atoms with Gasteiger partial charge in [0.15, 0.2) is 0 Å². The number of nitro benzene ring substituents is 1. The van der Waals surface area contributed by atoms with Gasteiger partial charge in [-0.15, -0.1) is 0 Å². The Labute approximate surface area is 92.4 Å². The van der Waals surface area contributed by atoms with Crippen molar-refractivity contribution in [1.29, 1.82) is 0 Å². The van der Waals surface area contributed by atoms with Crippen LogP contribution in [0.5, 0.6) is 0 Å². The number of nitro groups is 1. The van der Waals surface area contributed by atoms with Gasteiger partial charge in [-0.1, -0.05) is 6.47 Å². The Kier molecular flexibility index (Phi) is 5.61. The Morgan fingerprint density at radius 2 is 1.93 bits per heavy atom. The van der Waals surface area contributed by atoms with Crippen LogP contribution >= 0.6 is 0 Å². The zero-order chi connectivity index (χ0) is 9.68. The summed E-state index contributed by atoms with van der Waals surface area (Å²) >= 11 is 0. The number of ether oxygens (including phenoxy) is 1. The van der Waals surface area contributed by atoms with E-state index in [0.717, 1.165) is 0 Å². The van der Waals surface area contributed by atoms with Crippen LogP contribution in [0, 0.1) is 10.1 Å². The molecule has 0 amide bonds. The van der Waals surface area contributed by atoms with E-state index in [9.17, 15) is 14.9 Å². The second-order valence-electron chi connectivity index (χ2n) is 2.30. The van der Waals surface area contributed by atoms with Crippen LogP contribution in [-0.4, -0.2) is 11.4 Å². The molecule has 0 aliphatic carbocycles. The van der Waals surface area contributed by atoms with Gasteiger partial charge in [-0.3, -0.25) is 10.1 Å². The predicted molar refractivity (Wildman–Crippen MR) is 43.6 cm³/mol. The van der Waals surface area contributed by atoms with Crippen molar-refractivity contribution in [3.8, 4) is 0 Å². The molecule has 6 heteroatoms. The second-order valence-corrected chi connectivity index (χ2v) is 2.30. The van der Waals surface area contributed by atoms with Crippen LogP contribution in [0.4, 0.5) is 5.69 Å². The Morgan fingerprint density at radius 1 is 1.36 bits per heavy atom. The van der Waals surface area contributed by atoms with Gasteiger partial charge in [0, 0.05) is 12.1 Å². The number of carbonyl (C=O) groups excluding carboxylic acids is 1. The number of hydrogen-bond acceptors (Lipinski definition) is 4. The summed E-state index contributed by atoms with van der Waals surface area (Å²) in [6, 6.07) is 5.75. The molecule has 0 unspecified atom stereocenters. The standard InChI is InChI=1S/C8H6NO4.Li/c10-6-13-5-7-1-3-8(4-2-7)9(11)12;/h1-4H,5H2;/q-1;+1. The second kappa shape index (κ2) is 6.19. The van der Waals surface area contributed by atoms with Crippen LogP contribution in [0.2, 0.25) is 0 Å². The van der Waals surface area contributed by atoms with Crippen molar-refractivity contribution in [2.45, 2.75) is 6.61 Å². The molecule has 0 aliphatic rings. The third-order valence-electron chi connectivity index (χ3n) is 1.44. The average Bonchev–Trinajstić information content (AvgIpc) is 2.15. The molecule has 1 aromatic rings. The van der Waals surface area contributed by atoms with Gasteiger partial charge in [0.25, 0.3) is 5.69 Å². The molecule has 0 atom stereocenters. The molecule has 0 saturated heterocycles. The maximum atomic E-state index is 10.2. The van der Waals surface area contributed by atoms with Gasteiger partial charge in [0.05, 0.1) is 11.5 Å². The Bertz CT molecular complexity index is 312. The maximum Gasteiger partial charge on any atom is 1.00 e. The summed E-state index contributed by atoms with van der Waals surface area (Å²) < 4.78 is 4.34. The molecule has 0 heterocycles. The minimum Gasteiger partial charge on any atom is -0.650 e. The average molecular weight is 187 g/mol. The van der Waals surface area contributed by atoms with E-state index in [1.807, 2.05) is 0 Å². The van der Waals surface area contributed by atoms with Gasteiger partial charge in [0.1, 0.15) is 0 Å². The largest absolute Gasteiger partial charge is 1.00 e. The van der Waals surface area contributed by atoms with Crippen LogP contribution in [0.1, 0.15) is 5.56 Å². The fourth-order valence-electron chi connectivity index (χ4n) is 0.827. The summed E-state index contributed by atoms with van der Waals surface area (Å²) in [4.78, 5) is 19.4. The molecule has 0 bridgehead atoms. The van der Waals surface area contributed by atoms with Crippen LogP contribution in [0.15, 0.2) is 24.3 Å². The first-order chi connectivity index (χ1) is 6.24. The molecular weight excluding hydrogens is 181 g/mol. The molecule has 0 N–H and O–H groups in total. The quantitative estimate of drug-likeness (QED) is 0.241. The molecule has 68 valence electrons. The van der Waals surface area contributed by atoms with Crippen LogP contribution < -0.4 is 18.9 Å². The van der Waals surface area contributed by atoms with Crippen LogP contribution in [-0.2, 0) is 16.1 Å². The summed E-state index contributed by atoms with van der Waals surface area (Å²) in [7, 11) is 0. The van der Waals surface area contributed by atoms with Gasteiger partial charge in [-0.2, -0.15) is 0 Å². The van der Waals surface area contributed by atoms with E-state index < -0.39 is 4.92 Å². The molecule has 0 saturated carbocycles. The SMILES string of the molecule is O=[C-]OCc1ccc([N+](=O)[O-])cc1.[Li+]. The first-order valence-corrected chi connectivity index (χ1v) is 3.46. The zero-order valence-corrected chi connectivity index (χ0v) is 7.60. The van der Waals surface area contributed by atoms with E-state index >= 15 is 0 Å². The summed E-state index contributed by atoms with van der Waals surface area (Å²) in [6.45, 7) is 1.35. The van der Waals surface area contributed by atoms with Gasteiger partial charge in [0.2, 0.25) is 0 Å². The van der Waals surface area contributed by atoms with Gasteiger partial charge >= 0.3 is 18.9 Å². The van der Waals surface area contributed by atoms with Crippen molar-refractivity contribution >= 4 is 12.2 Å². The topological polar surface area (TPSA) is 69.4 Å². The normalized spacial score (nSPS) is 8.57. The summed E-state index contributed by atoms with van der Waals surface area (Å²) in [5.41, 5.74) is 0.702. The fraction of sp³-hybridized carbons (Fsp3) is 0.125. The Balaban J connectivity index is 0.00000169. The van der Waals surface area contributed by atoms with E-state index in [-0.39, 0.29) is 31.2 Å². The van der Waals surface area contributed by atoms with Crippen molar-refractivity contribution in [1.82, 2.24) is 0 Å². The number of benzene rings is 1. The van der Waals surface area contributed by atoms with Crippen molar-refractivity contribution in [3.05, 3.63) is 39.9 Å². The molecule has 0 radical (unpaired) electrons. The molecule has 1 aromatic carbocycles. The molecule has 0 spiro atoms. The minimum absolute atomic E-state index is 0. The minimum atomic E-state index is -0.490. The van der Waals surface area contributed by atoms with Crippen molar-refractivity contribution in [2.24, 2.45) is 0 Å². The zero-order valence-electron chi connectivity index (χ0n) is 7.60. The van der Waals surface area contributed by atoms with Gasteiger partial charge in [-0.05, 0) is 17.7 Å². The first-order valence-electron chi connectivity index (χ1n) is 3.46. The maximum absolute atomic E-state index is 10.2. The van der Waals surface area contributed by atoms with E-state index in [4.69, 9.17) is 0 Å². The molecular formula is C8H6LiNO4. The Hall–Kier alpha value is -1.31. The third kappa shape index (κ3) is 3.60. The smallest absolute Gasteiger partial charge is 0.650 e. The summed E-state index contributed by atoms with van der Waals surface area (Å²) in [5.74, 6) is 0. The Morgan fingerprint density at radius 3 is 2.36 bits per heavy atom. The molecule has 0 fully saturated rings. The summed E-state index contributed by atoms with van der Waals surface area (Å²) in [5, 5.41) is 10.2. The van der Waals surface area contributed by atoms with E-state index in [2.05, 4.69) is 4.74 Å². The molecule has 14 heavy (non-hydrogen) atoms. The van der Waals surface area contributed by atoms with Crippen molar-refractivity contribution < 1.29 is 33.3 Å². The van der Waals surface area contributed by atoms with Crippen LogP contribution in [0.3, 0.4) is 0 Å². The number of hydrogen-bond donors (Lipinski definition) is 0. The molecule has 0 aliphatic heterocycles. The van der Waals surface area contributed by atoms with Crippen molar-refractivity contribution in [3.63, 3.8) is 0 Å². The van der Waals surface area contributed by atoms with Gasteiger partial charge in [-0.25, -0.2) is 0 Å². The number of rotatable bonds is 4. The predicted octanol–water partition coefficient (Wildman–Crippen LogP) is -1.82. The fourth-order valence-corrected chi connectivity index (χ4v) is 0.827. The van der Waals surface area contributed by atoms with E-state index in [1.165, 1.54) is 30.7 Å². The third-order valence-corrected chi connectivity index (χ3v) is 1.44. The van der Waals surface area contributed by atoms with Gasteiger partial charge < -0.3 is 9.53 Å².